The summed E-state index contributed by atoms with van der Waals surface area (Å²) in [4.78, 5) is 2.55. The molecule has 0 bridgehead atoms. The number of hydrogen-bond donors (Lipinski definition) is 0. The van der Waals surface area contributed by atoms with Gasteiger partial charge in [0.2, 0.25) is 17.1 Å². The molecule has 6 heteroatoms. The van der Waals surface area contributed by atoms with Crippen LogP contribution in [0.5, 0.6) is 0 Å². The topological polar surface area (TPSA) is 26.0 Å². The largest absolute Gasteiger partial charge is 0.319 e. The quantitative estimate of drug-likeness (QED) is 0.152. The van der Waals surface area contributed by atoms with Crippen LogP contribution in [-0.4, -0.2) is 30.0 Å². The zero-order chi connectivity index (χ0) is 62.7. The molecule has 0 N–H and O–H groups in total. The van der Waals surface area contributed by atoms with E-state index in [0.717, 1.165) is 88.4 Å². The Labute approximate surface area is 550 Å². The van der Waals surface area contributed by atoms with Gasteiger partial charge in [-0.3, -0.25) is 0 Å². The lowest BCUT2D eigenvalue weighted by molar-refractivity contribution is 0.894. The van der Waals surface area contributed by atoms with Gasteiger partial charge in [0, 0.05) is 95.8 Å². The van der Waals surface area contributed by atoms with Crippen molar-refractivity contribution in [1.29, 1.82) is 0 Å². The number of rotatable bonds is 6. The molecule has 1 unspecified atom stereocenters. The lowest BCUT2D eigenvalue weighted by atomic mass is 9.95. The van der Waals surface area contributed by atoms with Crippen LogP contribution in [0, 0.1) is 41.7 Å². The van der Waals surface area contributed by atoms with Crippen LogP contribution in [0.25, 0.3) is 110 Å². The second-order valence-electron chi connectivity index (χ2n) is 25.7. The third-order valence-corrected chi connectivity index (χ3v) is 20.8. The van der Waals surface area contributed by atoms with Crippen molar-refractivity contribution >= 4 is 116 Å². The number of para-hydroxylation sites is 8. The normalized spacial score (nSPS) is 14.0. The van der Waals surface area contributed by atoms with Gasteiger partial charge in [-0.05, 0) is 157 Å². The molecule has 0 fully saturated rings. The molecule has 2 aliphatic carbocycles. The minimum absolute atomic E-state index is 0.0833. The predicted octanol–water partition coefficient (Wildman–Crippen LogP) is 21.5. The number of fused-ring (bicyclic) bond motifs is 18. The van der Waals surface area contributed by atoms with Crippen LogP contribution in [0.3, 0.4) is 0 Å². The van der Waals surface area contributed by atoms with Crippen molar-refractivity contribution in [3.05, 3.63) is 382 Å². The highest BCUT2D eigenvalue weighted by Gasteiger charge is 2.40. The molecule has 0 saturated carbocycles. The van der Waals surface area contributed by atoms with Crippen LogP contribution < -0.4 is 9.48 Å². The minimum Gasteiger partial charge on any atom is -0.319 e. The Morgan fingerprint density at radius 3 is 1.05 bits per heavy atom. The van der Waals surface area contributed by atoms with Gasteiger partial charge in [-0.25, -0.2) is 0 Å². The SMILES string of the molecule is C1=CC2=[N+](c3ccccc3)c3cc4c(cc3N(c3ccccc3)C2C=C1)=c1cc(-n2c3ccccc3c3cc(-n5c6ccccc6c6ccccc65)ccc32)ccc1=c1ccc(-n2c3ccccc3c3cc(-n5c6ccccc6c6ccccc65)ccc32)cc1=c1ccccc1=4. The summed E-state index contributed by atoms with van der Waals surface area (Å²) in [6, 6.07) is 118. The van der Waals surface area contributed by atoms with E-state index in [9.17, 15) is 0 Å². The van der Waals surface area contributed by atoms with E-state index < -0.39 is 0 Å². The summed E-state index contributed by atoms with van der Waals surface area (Å²) in [5.41, 5.74) is 19.5. The molecule has 446 valence electrons. The molecule has 21 rings (SSSR count). The van der Waals surface area contributed by atoms with Gasteiger partial charge in [0.05, 0.1) is 44.1 Å². The first-order valence-corrected chi connectivity index (χ1v) is 33.2. The summed E-state index contributed by atoms with van der Waals surface area (Å²) >= 11 is 0. The van der Waals surface area contributed by atoms with Crippen LogP contribution in [-0.2, 0) is 0 Å². The molecular weight excluding hydrogens is 1170 g/mol. The predicted molar refractivity (Wildman–Crippen MR) is 397 cm³/mol. The Bertz CT molecular complexity index is 6860. The molecule has 0 amide bonds. The first-order chi connectivity index (χ1) is 47.7. The third-order valence-electron chi connectivity index (χ3n) is 20.8. The number of aromatic nitrogens is 4. The Hall–Kier alpha value is -12.8. The van der Waals surface area contributed by atoms with Gasteiger partial charge in [-0.1, -0.05) is 200 Å². The molecule has 1 aliphatic heterocycles. The van der Waals surface area contributed by atoms with E-state index in [-0.39, 0.29) is 6.04 Å². The van der Waals surface area contributed by atoms with Crippen LogP contribution in [0.2, 0.25) is 0 Å². The van der Waals surface area contributed by atoms with Crippen molar-refractivity contribution in [2.24, 2.45) is 0 Å². The maximum Gasteiger partial charge on any atom is 0.235 e. The zero-order valence-electron chi connectivity index (χ0n) is 52.1. The minimum atomic E-state index is -0.0833. The highest BCUT2D eigenvalue weighted by atomic mass is 15.2. The highest BCUT2D eigenvalue weighted by molar-refractivity contribution is 6.15. The molecule has 4 aromatic heterocycles. The van der Waals surface area contributed by atoms with Crippen LogP contribution in [0.15, 0.2) is 340 Å². The summed E-state index contributed by atoms with van der Waals surface area (Å²) < 4.78 is 12.4. The summed E-state index contributed by atoms with van der Waals surface area (Å²) in [5.74, 6) is 0. The van der Waals surface area contributed by atoms with Crippen molar-refractivity contribution in [3.63, 3.8) is 0 Å². The van der Waals surface area contributed by atoms with E-state index >= 15 is 0 Å². The molecule has 0 spiro atoms. The highest BCUT2D eigenvalue weighted by Crippen LogP contribution is 2.45. The Kier molecular flexibility index (Phi) is 11.2. The van der Waals surface area contributed by atoms with E-state index in [1.165, 1.54) is 91.7 Å². The molecule has 0 saturated heterocycles. The lowest BCUT2D eigenvalue weighted by Crippen LogP contribution is -2.44. The lowest BCUT2D eigenvalue weighted by Gasteiger charge is -2.35. The second-order valence-corrected chi connectivity index (χ2v) is 25.7. The molecule has 14 aromatic carbocycles. The molecule has 1 atom stereocenters. The number of allylic oxidation sites excluding steroid dienone is 2. The van der Waals surface area contributed by atoms with E-state index in [4.69, 9.17) is 0 Å². The van der Waals surface area contributed by atoms with Crippen LogP contribution in [0.1, 0.15) is 0 Å². The fraction of sp³-hybridized carbons (Fsp3) is 0.0111. The van der Waals surface area contributed by atoms with Crippen LogP contribution >= 0.6 is 0 Å². The number of nitrogens with zero attached hydrogens (tertiary/aromatic N) is 6. The number of hydrogen-bond acceptors (Lipinski definition) is 1. The number of anilines is 2. The standard InChI is InChI=1S/C90H57N6/c1-3-23-57(24-4-1)91-87-41-21-22-42-88(87)92(58-25-5-2-6-26-58)90-56-76-74-52-60(96-84-40-20-14-34-72(84)78-54-62(46-50-86(78)96)94-81-37-17-11-31-69(81)70-32-12-18-38-82(70)94)44-48-66(74)65-47-43-59(51-73(65)63-27-7-8-28-64(63)75(76)55-89(90)91)95-83-39-19-13-33-71(83)77-53-61(45-49-85(77)95)93-79-35-15-9-29-67(79)68-30-10-16-36-80(68)93/h1-56,88H/q+1. The van der Waals surface area contributed by atoms with Gasteiger partial charge in [-0.15, -0.1) is 0 Å². The van der Waals surface area contributed by atoms with Crippen molar-refractivity contribution in [3.8, 4) is 22.7 Å². The first kappa shape index (κ1) is 52.8. The van der Waals surface area contributed by atoms with E-state index in [1.54, 1.807) is 0 Å². The molecular formula is C90H57N6+. The van der Waals surface area contributed by atoms with Gasteiger partial charge in [0.1, 0.15) is 11.7 Å². The molecule has 6 nitrogen and oxygen atoms in total. The van der Waals surface area contributed by atoms with Crippen molar-refractivity contribution in [1.82, 2.24) is 22.8 Å². The summed E-state index contributed by atoms with van der Waals surface area (Å²) in [6.07, 6.45) is 9.05. The smallest absolute Gasteiger partial charge is 0.235 e. The Morgan fingerprint density at radius 1 is 0.240 bits per heavy atom. The fourth-order valence-electron chi connectivity index (χ4n) is 16.8. The van der Waals surface area contributed by atoms with Crippen molar-refractivity contribution in [2.75, 3.05) is 4.90 Å². The fourth-order valence-corrected chi connectivity index (χ4v) is 16.8. The average Bonchev–Trinajstić information content (AvgIpc) is 0.833. The van der Waals surface area contributed by atoms with Crippen molar-refractivity contribution in [2.45, 2.75) is 6.04 Å². The van der Waals surface area contributed by atoms with Gasteiger partial charge < -0.3 is 23.2 Å². The van der Waals surface area contributed by atoms with E-state index in [0.29, 0.717) is 0 Å². The molecule has 96 heavy (non-hydrogen) atoms. The summed E-state index contributed by atoms with van der Waals surface area (Å²) in [5, 5.41) is 19.2. The second kappa shape index (κ2) is 20.4. The van der Waals surface area contributed by atoms with Gasteiger partial charge >= 0.3 is 0 Å². The van der Waals surface area contributed by atoms with Gasteiger partial charge in [-0.2, -0.15) is 4.58 Å². The Balaban J connectivity index is 0.878. The molecule has 0 radical (unpaired) electrons. The zero-order valence-corrected chi connectivity index (χ0v) is 52.1. The third kappa shape index (κ3) is 7.55. The van der Waals surface area contributed by atoms with Gasteiger partial charge in [0.25, 0.3) is 0 Å². The van der Waals surface area contributed by atoms with E-state index in [1.807, 2.05) is 0 Å². The average molecular weight is 1220 g/mol. The maximum absolute atomic E-state index is 2.55. The van der Waals surface area contributed by atoms with E-state index in [2.05, 4.69) is 367 Å². The van der Waals surface area contributed by atoms with Crippen molar-refractivity contribution < 1.29 is 0 Å². The molecule has 18 aromatic rings. The Morgan fingerprint density at radius 2 is 0.583 bits per heavy atom. The first-order valence-electron chi connectivity index (χ1n) is 33.2. The number of benzene rings is 14. The van der Waals surface area contributed by atoms with Crippen LogP contribution in [0.4, 0.5) is 22.7 Å². The molecule has 3 aliphatic rings. The summed E-state index contributed by atoms with van der Waals surface area (Å²) in [6.45, 7) is 0. The van der Waals surface area contributed by atoms with Gasteiger partial charge in [0.15, 0.2) is 0 Å². The monoisotopic (exact) mass is 1220 g/mol. The summed E-state index contributed by atoms with van der Waals surface area (Å²) in [7, 11) is 0. The maximum atomic E-state index is 2.55. The molecule has 5 heterocycles.